The van der Waals surface area contributed by atoms with Gasteiger partial charge in [-0.1, -0.05) is 31.2 Å². The number of rotatable bonds is 7. The molecule has 1 fully saturated rings. The molecule has 1 amide bonds. The van der Waals surface area contributed by atoms with Crippen LogP contribution in [0.4, 0.5) is 0 Å². The molecule has 5 rings (SSSR count). The molecule has 0 saturated carbocycles. The van der Waals surface area contributed by atoms with Gasteiger partial charge in [0.05, 0.1) is 32.1 Å². The van der Waals surface area contributed by atoms with Gasteiger partial charge in [0.1, 0.15) is 11.4 Å². The number of amides is 1. The van der Waals surface area contributed by atoms with Crippen molar-refractivity contribution in [2.45, 2.75) is 19.4 Å². The summed E-state index contributed by atoms with van der Waals surface area (Å²) in [7, 11) is 1.66. The van der Waals surface area contributed by atoms with Crippen molar-refractivity contribution in [3.63, 3.8) is 0 Å². The molecule has 3 aromatic rings. The number of aryl methyl sites for hydroxylation is 1. The molecule has 0 radical (unpaired) electrons. The fraction of sp³-hybridized carbons (Fsp3) is 0.385. The van der Waals surface area contributed by atoms with E-state index >= 15 is 0 Å². The zero-order valence-corrected chi connectivity index (χ0v) is 19.2. The molecule has 1 unspecified atom stereocenters. The largest absolute Gasteiger partial charge is 0.497 e. The number of H-pyrrole nitrogens is 1. The molecule has 2 aliphatic rings. The van der Waals surface area contributed by atoms with E-state index in [-0.39, 0.29) is 11.9 Å². The summed E-state index contributed by atoms with van der Waals surface area (Å²) in [4.78, 5) is 17.9. The van der Waals surface area contributed by atoms with Crippen LogP contribution in [-0.2, 0) is 11.2 Å². The predicted octanol–water partition coefficient (Wildman–Crippen LogP) is 3.53. The molecule has 0 aliphatic carbocycles. The maximum atomic E-state index is 13.5. The molecular formula is C26H30N4O3. The fourth-order valence-electron chi connectivity index (χ4n) is 4.75. The van der Waals surface area contributed by atoms with E-state index in [2.05, 4.69) is 46.3 Å². The van der Waals surface area contributed by atoms with Crippen molar-refractivity contribution in [1.29, 1.82) is 0 Å². The maximum Gasteiger partial charge on any atom is 0.273 e. The van der Waals surface area contributed by atoms with E-state index < -0.39 is 0 Å². The Balaban J connectivity index is 1.51. The lowest BCUT2D eigenvalue weighted by Gasteiger charge is -2.31. The summed E-state index contributed by atoms with van der Waals surface area (Å²) in [6.07, 6.45) is 0.985. The van der Waals surface area contributed by atoms with Crippen LogP contribution < -0.4 is 4.74 Å². The first-order chi connectivity index (χ1) is 16.2. The van der Waals surface area contributed by atoms with E-state index in [1.165, 1.54) is 5.56 Å². The number of hydrogen-bond donors (Lipinski definition) is 1. The Morgan fingerprint density at radius 2 is 1.79 bits per heavy atom. The topological polar surface area (TPSA) is 70.7 Å². The van der Waals surface area contributed by atoms with Gasteiger partial charge in [-0.05, 0) is 41.8 Å². The quantitative estimate of drug-likeness (QED) is 0.601. The Hall–Kier alpha value is -3.16. The Bertz CT molecular complexity index is 1100. The highest BCUT2D eigenvalue weighted by Crippen LogP contribution is 2.42. The molecule has 1 N–H and O–H groups in total. The summed E-state index contributed by atoms with van der Waals surface area (Å²) >= 11 is 0. The van der Waals surface area contributed by atoms with Gasteiger partial charge in [-0.2, -0.15) is 5.10 Å². The second kappa shape index (κ2) is 9.37. The van der Waals surface area contributed by atoms with Crippen molar-refractivity contribution in [1.82, 2.24) is 20.0 Å². The number of fused-ring (bicyclic) bond motifs is 1. The van der Waals surface area contributed by atoms with E-state index in [1.807, 2.05) is 29.2 Å². The van der Waals surface area contributed by atoms with Gasteiger partial charge in [-0.25, -0.2) is 0 Å². The van der Waals surface area contributed by atoms with Crippen LogP contribution >= 0.6 is 0 Å². The van der Waals surface area contributed by atoms with Gasteiger partial charge in [0, 0.05) is 37.3 Å². The van der Waals surface area contributed by atoms with Crippen LogP contribution in [0, 0.1) is 0 Å². The van der Waals surface area contributed by atoms with Crippen LogP contribution in [-0.4, -0.2) is 72.4 Å². The van der Waals surface area contributed by atoms with Crippen molar-refractivity contribution in [2.24, 2.45) is 0 Å². The van der Waals surface area contributed by atoms with Crippen LogP contribution in [0.15, 0.2) is 48.5 Å². The number of morpholine rings is 1. The minimum atomic E-state index is -0.171. The highest BCUT2D eigenvalue weighted by atomic mass is 16.5. The number of methoxy groups -OCH3 is 1. The molecule has 2 aromatic carbocycles. The van der Waals surface area contributed by atoms with E-state index in [1.54, 1.807) is 7.11 Å². The first kappa shape index (κ1) is 21.7. The average Bonchev–Trinajstić information content (AvgIpc) is 3.42. The smallest absolute Gasteiger partial charge is 0.273 e. The SMILES string of the molecule is CCc1ccc(C2c3c(-c4ccc(OC)cc4)n[nH]c3C(=O)N2CCN2CCOCC2)cc1. The van der Waals surface area contributed by atoms with Gasteiger partial charge in [0.2, 0.25) is 0 Å². The van der Waals surface area contributed by atoms with Crippen LogP contribution in [0.3, 0.4) is 0 Å². The summed E-state index contributed by atoms with van der Waals surface area (Å²) in [6, 6.07) is 16.3. The van der Waals surface area contributed by atoms with Crippen molar-refractivity contribution in [3.05, 3.63) is 70.9 Å². The molecule has 0 bridgehead atoms. The number of benzene rings is 2. The monoisotopic (exact) mass is 446 g/mol. The maximum absolute atomic E-state index is 13.5. The molecule has 1 aromatic heterocycles. The Kier molecular flexibility index (Phi) is 6.15. The number of ether oxygens (including phenoxy) is 2. The van der Waals surface area contributed by atoms with Crippen molar-refractivity contribution >= 4 is 5.91 Å². The van der Waals surface area contributed by atoms with Gasteiger partial charge in [-0.3, -0.25) is 14.8 Å². The molecule has 1 saturated heterocycles. The number of aromatic amines is 1. The van der Waals surface area contributed by atoms with Crippen molar-refractivity contribution in [2.75, 3.05) is 46.5 Å². The molecule has 0 spiro atoms. The Morgan fingerprint density at radius 1 is 1.06 bits per heavy atom. The lowest BCUT2D eigenvalue weighted by atomic mass is 9.95. The zero-order valence-electron chi connectivity index (χ0n) is 19.2. The van der Waals surface area contributed by atoms with Crippen molar-refractivity contribution in [3.8, 4) is 17.0 Å². The first-order valence-corrected chi connectivity index (χ1v) is 11.6. The van der Waals surface area contributed by atoms with E-state index in [0.717, 1.165) is 67.4 Å². The molecule has 172 valence electrons. The second-order valence-electron chi connectivity index (χ2n) is 8.54. The lowest BCUT2D eigenvalue weighted by molar-refractivity contribution is 0.0316. The fourth-order valence-corrected chi connectivity index (χ4v) is 4.75. The number of hydrogen-bond acceptors (Lipinski definition) is 5. The molecular weight excluding hydrogens is 416 g/mol. The third-order valence-corrected chi connectivity index (χ3v) is 6.69. The van der Waals surface area contributed by atoms with Crippen LogP contribution in [0.25, 0.3) is 11.3 Å². The summed E-state index contributed by atoms with van der Waals surface area (Å²) in [6.45, 7) is 6.95. The molecule has 33 heavy (non-hydrogen) atoms. The van der Waals surface area contributed by atoms with Crippen molar-refractivity contribution < 1.29 is 14.3 Å². The summed E-state index contributed by atoms with van der Waals surface area (Å²) in [5.74, 6) is 0.802. The summed E-state index contributed by atoms with van der Waals surface area (Å²) in [5, 5.41) is 7.61. The number of carbonyl (C=O) groups excluding carboxylic acids is 1. The lowest BCUT2D eigenvalue weighted by Crippen LogP contribution is -2.42. The molecule has 7 nitrogen and oxygen atoms in total. The number of carbonyl (C=O) groups is 1. The molecule has 1 atom stereocenters. The van der Waals surface area contributed by atoms with E-state index in [0.29, 0.717) is 12.2 Å². The van der Waals surface area contributed by atoms with E-state index in [9.17, 15) is 4.79 Å². The normalized spacial score (nSPS) is 18.5. The van der Waals surface area contributed by atoms with Gasteiger partial charge in [-0.15, -0.1) is 0 Å². The number of nitrogens with zero attached hydrogens (tertiary/aromatic N) is 3. The molecule has 2 aliphatic heterocycles. The highest BCUT2D eigenvalue weighted by Gasteiger charge is 2.42. The minimum Gasteiger partial charge on any atom is -0.497 e. The second-order valence-corrected chi connectivity index (χ2v) is 8.54. The highest BCUT2D eigenvalue weighted by molar-refractivity contribution is 6.00. The standard InChI is InChI=1S/C26H30N4O3/c1-3-18-4-6-20(7-5-18)25-22-23(19-8-10-21(32-2)11-9-19)27-28-24(22)26(31)30(25)13-12-29-14-16-33-17-15-29/h4-11,25H,3,12-17H2,1-2H3,(H,27,28). The third kappa shape index (κ3) is 4.14. The number of nitrogens with one attached hydrogen (secondary N) is 1. The zero-order chi connectivity index (χ0) is 22.8. The molecule has 7 heteroatoms. The van der Waals surface area contributed by atoms with Crippen LogP contribution in [0.1, 0.15) is 40.1 Å². The van der Waals surface area contributed by atoms with Gasteiger partial charge < -0.3 is 14.4 Å². The van der Waals surface area contributed by atoms with Crippen LogP contribution in [0.2, 0.25) is 0 Å². The van der Waals surface area contributed by atoms with Gasteiger partial charge >= 0.3 is 0 Å². The van der Waals surface area contributed by atoms with Crippen LogP contribution in [0.5, 0.6) is 5.75 Å². The van der Waals surface area contributed by atoms with Gasteiger partial charge in [0.15, 0.2) is 0 Å². The predicted molar refractivity (Wildman–Crippen MR) is 127 cm³/mol. The Labute approximate surface area is 194 Å². The number of aromatic nitrogens is 2. The van der Waals surface area contributed by atoms with E-state index in [4.69, 9.17) is 9.47 Å². The minimum absolute atomic E-state index is 0.00934. The Morgan fingerprint density at radius 3 is 2.45 bits per heavy atom. The average molecular weight is 447 g/mol. The summed E-state index contributed by atoms with van der Waals surface area (Å²) in [5.41, 5.74) is 5.72. The third-order valence-electron chi connectivity index (χ3n) is 6.69. The van der Waals surface area contributed by atoms with Gasteiger partial charge in [0.25, 0.3) is 5.91 Å². The molecule has 3 heterocycles. The summed E-state index contributed by atoms with van der Waals surface area (Å²) < 4.78 is 10.8. The first-order valence-electron chi connectivity index (χ1n) is 11.6.